The minimum absolute atomic E-state index is 0.0340. The first-order valence-corrected chi connectivity index (χ1v) is 14.1. The van der Waals surface area contributed by atoms with Gasteiger partial charge in [-0.2, -0.15) is 5.10 Å². The van der Waals surface area contributed by atoms with Crippen molar-refractivity contribution in [2.24, 2.45) is 0 Å². The van der Waals surface area contributed by atoms with E-state index in [9.17, 15) is 17.8 Å². The monoisotopic (exact) mass is 575 g/mol. The first-order valence-electron chi connectivity index (χ1n) is 13.0. The molecule has 10 nitrogen and oxygen atoms in total. The number of fused-ring (bicyclic) bond motifs is 1. The van der Waals surface area contributed by atoms with Crippen LogP contribution in [-0.2, 0) is 33.4 Å². The van der Waals surface area contributed by atoms with Gasteiger partial charge in [-0.05, 0) is 37.1 Å². The van der Waals surface area contributed by atoms with Crippen LogP contribution in [0.2, 0.25) is 0 Å². The van der Waals surface area contributed by atoms with Gasteiger partial charge < -0.3 is 24.8 Å². The summed E-state index contributed by atoms with van der Waals surface area (Å²) in [6.07, 6.45) is 2.10. The number of carbonyl (C=O) groups is 1. The minimum atomic E-state index is -1.80. The van der Waals surface area contributed by atoms with Crippen LogP contribution in [0.1, 0.15) is 34.5 Å². The second kappa shape index (κ2) is 12.9. The van der Waals surface area contributed by atoms with Crippen molar-refractivity contribution < 1.29 is 32.0 Å². The van der Waals surface area contributed by atoms with E-state index in [2.05, 4.69) is 20.8 Å². The van der Waals surface area contributed by atoms with Crippen molar-refractivity contribution in [2.45, 2.75) is 36.7 Å². The molecule has 0 radical (unpaired) electrons. The molecule has 2 aromatic carbocycles. The van der Waals surface area contributed by atoms with Gasteiger partial charge in [0.05, 0.1) is 22.8 Å². The number of hydrogen-bond acceptors (Lipinski definition) is 7. The van der Waals surface area contributed by atoms with Gasteiger partial charge in [-0.25, -0.2) is 17.3 Å². The summed E-state index contributed by atoms with van der Waals surface area (Å²) in [5, 5.41) is 13.6. The molecular weight excluding hydrogens is 544 g/mol. The zero-order valence-corrected chi connectivity index (χ0v) is 22.8. The van der Waals surface area contributed by atoms with Crippen molar-refractivity contribution in [1.82, 2.24) is 14.5 Å². The fraction of sp³-hybridized carbons (Fsp3) is 0.407. The molecule has 3 aromatic rings. The third-order valence-corrected chi connectivity index (χ3v) is 8.20. The van der Waals surface area contributed by atoms with Gasteiger partial charge >= 0.3 is 0 Å². The predicted molar refractivity (Wildman–Crippen MR) is 145 cm³/mol. The van der Waals surface area contributed by atoms with E-state index in [0.29, 0.717) is 67.8 Å². The summed E-state index contributed by atoms with van der Waals surface area (Å²) in [7, 11) is -0.199. The number of rotatable bonds is 10. The molecule has 0 bridgehead atoms. The summed E-state index contributed by atoms with van der Waals surface area (Å²) in [5.74, 6) is -1.05. The second-order valence-electron chi connectivity index (χ2n) is 9.53. The van der Waals surface area contributed by atoms with Crippen molar-refractivity contribution in [3.63, 3.8) is 0 Å². The molecule has 214 valence electrons. The number of halogens is 2. The van der Waals surface area contributed by atoms with Crippen LogP contribution in [0.25, 0.3) is 0 Å². The van der Waals surface area contributed by atoms with Gasteiger partial charge in [0.25, 0.3) is 5.91 Å². The van der Waals surface area contributed by atoms with Gasteiger partial charge in [0.2, 0.25) is 0 Å². The quantitative estimate of drug-likeness (QED) is 0.316. The van der Waals surface area contributed by atoms with E-state index < -0.39 is 22.6 Å². The van der Waals surface area contributed by atoms with Gasteiger partial charge in [0.1, 0.15) is 35.0 Å². The lowest BCUT2D eigenvalue weighted by molar-refractivity contribution is 0.0904. The maximum Gasteiger partial charge on any atom is 0.258 e. The predicted octanol–water partition coefficient (Wildman–Crippen LogP) is 3.64. The summed E-state index contributed by atoms with van der Waals surface area (Å²) >= 11 is 0. The number of anilines is 2. The molecule has 1 unspecified atom stereocenters. The Hall–Kier alpha value is -3.39. The van der Waals surface area contributed by atoms with E-state index in [1.165, 1.54) is 0 Å². The minimum Gasteiger partial charge on any atom is -0.491 e. The molecule has 1 fully saturated rings. The fourth-order valence-corrected chi connectivity index (χ4v) is 5.93. The Morgan fingerprint density at radius 1 is 1.18 bits per heavy atom. The summed E-state index contributed by atoms with van der Waals surface area (Å²) in [6.45, 7) is 2.65. The molecule has 2 aliphatic rings. The third-order valence-electron chi connectivity index (χ3n) is 6.78. The zero-order valence-electron chi connectivity index (χ0n) is 22.0. The van der Waals surface area contributed by atoms with Crippen LogP contribution in [0, 0.1) is 11.6 Å². The highest BCUT2D eigenvalue weighted by Crippen LogP contribution is 2.30. The lowest BCUT2D eigenvalue weighted by Gasteiger charge is -2.26. The standard InChI is InChI=1S/C27H31F2N5O5S/c1-37-10-11-39-20-2-3-22(25(15-20)30-19-5-8-38-9-6-19)27(35)31-26-23-16-34(7-4-24(23)32-33-26)40(36)21-13-17(28)12-18(29)14-21/h2-3,12-15,19,30H,4-11,16H2,1H3,(H2,31,32,33,35). The van der Waals surface area contributed by atoms with Crippen LogP contribution in [0.3, 0.4) is 0 Å². The largest absolute Gasteiger partial charge is 0.491 e. The highest BCUT2D eigenvalue weighted by atomic mass is 32.2. The highest BCUT2D eigenvalue weighted by Gasteiger charge is 2.28. The van der Waals surface area contributed by atoms with E-state index in [0.717, 1.165) is 36.7 Å². The summed E-state index contributed by atoms with van der Waals surface area (Å²) in [6, 6.07) is 8.21. The van der Waals surface area contributed by atoms with E-state index in [4.69, 9.17) is 14.2 Å². The SMILES string of the molecule is COCCOc1ccc(C(=O)Nc2n[nH]c3c2CN(S(=O)c2cc(F)cc(F)c2)CC3)c(NC2CCOCC2)c1. The number of H-pyrrole nitrogens is 1. The summed E-state index contributed by atoms with van der Waals surface area (Å²) < 4.78 is 58.4. The zero-order chi connectivity index (χ0) is 28.1. The Morgan fingerprint density at radius 3 is 2.70 bits per heavy atom. The van der Waals surface area contributed by atoms with Crippen LogP contribution in [0.5, 0.6) is 5.75 Å². The molecule has 13 heteroatoms. The van der Waals surface area contributed by atoms with Crippen molar-refractivity contribution in [3.8, 4) is 5.75 Å². The normalized spacial score (nSPS) is 16.8. The first kappa shape index (κ1) is 28.1. The third kappa shape index (κ3) is 6.66. The van der Waals surface area contributed by atoms with Gasteiger partial charge in [-0.3, -0.25) is 9.89 Å². The Balaban J connectivity index is 1.34. The number of nitrogens with zero attached hydrogens (tertiary/aromatic N) is 2. The number of benzene rings is 2. The first-order chi connectivity index (χ1) is 19.4. The van der Waals surface area contributed by atoms with E-state index in [1.54, 1.807) is 29.6 Å². The molecule has 40 heavy (non-hydrogen) atoms. The van der Waals surface area contributed by atoms with Gasteiger partial charge in [-0.1, -0.05) is 0 Å². The van der Waals surface area contributed by atoms with Crippen molar-refractivity contribution in [3.05, 3.63) is 64.9 Å². The number of aromatic amines is 1. The average Bonchev–Trinajstić information content (AvgIpc) is 3.34. The maximum atomic E-state index is 13.7. The summed E-state index contributed by atoms with van der Waals surface area (Å²) in [5.41, 5.74) is 2.51. The Bertz CT molecular complexity index is 1360. The van der Waals surface area contributed by atoms with Crippen molar-refractivity contribution in [2.75, 3.05) is 50.7 Å². The molecule has 1 saturated heterocycles. The summed E-state index contributed by atoms with van der Waals surface area (Å²) in [4.78, 5) is 13.5. The van der Waals surface area contributed by atoms with Crippen LogP contribution in [-0.4, -0.2) is 70.7 Å². The number of amides is 1. The molecule has 0 saturated carbocycles. The number of aromatic nitrogens is 2. The molecule has 0 aliphatic carbocycles. The van der Waals surface area contributed by atoms with Crippen LogP contribution < -0.4 is 15.4 Å². The number of nitrogens with one attached hydrogen (secondary N) is 3. The molecule has 3 heterocycles. The van der Waals surface area contributed by atoms with Crippen molar-refractivity contribution >= 4 is 28.4 Å². The second-order valence-corrected chi connectivity index (χ2v) is 11.0. The van der Waals surface area contributed by atoms with Crippen LogP contribution >= 0.6 is 0 Å². The fourth-order valence-electron chi connectivity index (χ4n) is 4.70. The number of carbonyl (C=O) groups excluding carboxylic acids is 1. The van der Waals surface area contributed by atoms with Crippen LogP contribution in [0.15, 0.2) is 41.3 Å². The maximum absolute atomic E-state index is 13.7. The Morgan fingerprint density at radius 2 is 1.95 bits per heavy atom. The molecule has 5 rings (SSSR count). The van der Waals surface area contributed by atoms with Crippen molar-refractivity contribution in [1.29, 1.82) is 0 Å². The smallest absolute Gasteiger partial charge is 0.258 e. The molecule has 1 aromatic heterocycles. The number of ether oxygens (including phenoxy) is 3. The lowest BCUT2D eigenvalue weighted by atomic mass is 10.1. The number of methoxy groups -OCH3 is 1. The van der Waals surface area contributed by atoms with Gasteiger partial charge in [0, 0.05) is 69.3 Å². The van der Waals surface area contributed by atoms with Gasteiger partial charge in [-0.15, -0.1) is 0 Å². The Labute approximate surface area is 233 Å². The molecule has 1 atom stereocenters. The van der Waals surface area contributed by atoms with E-state index in [-0.39, 0.29) is 23.4 Å². The topological polar surface area (TPSA) is 118 Å². The molecule has 1 amide bonds. The molecule has 3 N–H and O–H groups in total. The van der Waals surface area contributed by atoms with E-state index >= 15 is 0 Å². The van der Waals surface area contributed by atoms with Crippen LogP contribution in [0.4, 0.5) is 20.3 Å². The van der Waals surface area contributed by atoms with E-state index in [1.807, 2.05) is 0 Å². The Kier molecular flexibility index (Phi) is 9.04. The molecule has 0 spiro atoms. The number of hydrogen-bond donors (Lipinski definition) is 3. The molecular formula is C27H31F2N5O5S. The highest BCUT2D eigenvalue weighted by molar-refractivity contribution is 7.82. The van der Waals surface area contributed by atoms with Gasteiger partial charge in [0.15, 0.2) is 5.82 Å². The molecule has 2 aliphatic heterocycles. The average molecular weight is 576 g/mol. The lowest BCUT2D eigenvalue weighted by Crippen LogP contribution is -2.32.